The molecule has 1 aromatic heterocycles. The van der Waals surface area contributed by atoms with Gasteiger partial charge in [0.2, 0.25) is 11.8 Å². The largest absolute Gasteiger partial charge is 0.323 e. The minimum absolute atomic E-state index is 0.0541. The number of amides is 2. The summed E-state index contributed by atoms with van der Waals surface area (Å²) in [5.41, 5.74) is 1.43. The highest BCUT2D eigenvalue weighted by Crippen LogP contribution is 2.30. The normalized spacial score (nSPS) is 15.2. The van der Waals surface area contributed by atoms with Gasteiger partial charge in [0.1, 0.15) is 6.54 Å². The van der Waals surface area contributed by atoms with Gasteiger partial charge < -0.3 is 5.32 Å². The summed E-state index contributed by atoms with van der Waals surface area (Å²) < 4.78 is 1.08. The van der Waals surface area contributed by atoms with Crippen LogP contribution in [-0.2, 0) is 16.1 Å². The second-order valence-electron chi connectivity index (χ2n) is 5.79. The Morgan fingerprint density at radius 2 is 2.12 bits per heavy atom. The Balaban J connectivity index is 1.77. The van der Waals surface area contributed by atoms with Gasteiger partial charge in [0.25, 0.3) is 0 Å². The van der Waals surface area contributed by atoms with Gasteiger partial charge in [0.05, 0.1) is 21.2 Å². The zero-order valence-electron chi connectivity index (χ0n) is 13.5. The van der Waals surface area contributed by atoms with E-state index < -0.39 is 0 Å². The van der Waals surface area contributed by atoms with Crippen molar-refractivity contribution in [2.75, 3.05) is 23.8 Å². The summed E-state index contributed by atoms with van der Waals surface area (Å²) >= 11 is 5.11. The number of nitrogens with zero attached hydrogens (tertiary/aromatic N) is 2. The number of hydrogen-bond acceptors (Lipinski definition) is 4. The first-order chi connectivity index (χ1) is 11.5. The van der Waals surface area contributed by atoms with Crippen LogP contribution in [0.25, 0.3) is 0 Å². The van der Waals surface area contributed by atoms with Crippen LogP contribution in [0.2, 0.25) is 0 Å². The molecule has 1 atom stereocenters. The summed E-state index contributed by atoms with van der Waals surface area (Å²) in [6, 6.07) is 11.1. The SMILES string of the molecule is C[C@H](C(=O)N1CC(=O)Nc2ccccc21)N(C)Cc1ccc(Br)s1. The second kappa shape index (κ2) is 7.04. The van der Waals surface area contributed by atoms with Crippen molar-refractivity contribution in [2.45, 2.75) is 19.5 Å². The molecule has 1 N–H and O–H groups in total. The Morgan fingerprint density at radius 3 is 2.83 bits per heavy atom. The summed E-state index contributed by atoms with van der Waals surface area (Å²) in [6.45, 7) is 2.61. The number of carbonyl (C=O) groups is 2. The minimum Gasteiger partial charge on any atom is -0.323 e. The van der Waals surface area contributed by atoms with Crippen molar-refractivity contribution >= 4 is 50.5 Å². The van der Waals surface area contributed by atoms with Crippen LogP contribution in [-0.4, -0.2) is 36.3 Å². The summed E-state index contributed by atoms with van der Waals surface area (Å²) in [5, 5.41) is 2.81. The second-order valence-corrected chi connectivity index (χ2v) is 8.33. The van der Waals surface area contributed by atoms with Gasteiger partial charge in [0, 0.05) is 11.4 Å². The van der Waals surface area contributed by atoms with E-state index in [1.165, 1.54) is 4.88 Å². The van der Waals surface area contributed by atoms with E-state index in [1.807, 2.05) is 55.3 Å². The first-order valence-corrected chi connectivity index (χ1v) is 9.21. The van der Waals surface area contributed by atoms with Crippen LogP contribution >= 0.6 is 27.3 Å². The van der Waals surface area contributed by atoms with Gasteiger partial charge >= 0.3 is 0 Å². The Hall–Kier alpha value is -1.70. The average Bonchev–Trinajstić information content (AvgIpc) is 2.97. The molecule has 0 unspecified atom stereocenters. The molecular weight excluding hydrogens is 390 g/mol. The molecule has 1 aliphatic rings. The Labute approximate surface area is 153 Å². The van der Waals surface area contributed by atoms with Gasteiger partial charge in [0.15, 0.2) is 0 Å². The van der Waals surface area contributed by atoms with Crippen molar-refractivity contribution in [3.8, 4) is 0 Å². The molecule has 1 aliphatic heterocycles. The maximum absolute atomic E-state index is 12.9. The van der Waals surface area contributed by atoms with Crippen molar-refractivity contribution in [1.82, 2.24) is 4.90 Å². The molecule has 0 radical (unpaired) electrons. The molecule has 7 heteroatoms. The van der Waals surface area contributed by atoms with Crippen LogP contribution in [0.15, 0.2) is 40.2 Å². The zero-order chi connectivity index (χ0) is 17.3. The van der Waals surface area contributed by atoms with Gasteiger partial charge in [-0.1, -0.05) is 12.1 Å². The number of likely N-dealkylation sites (N-methyl/N-ethyl adjacent to an activating group) is 1. The van der Waals surface area contributed by atoms with Gasteiger partial charge in [-0.2, -0.15) is 0 Å². The van der Waals surface area contributed by atoms with E-state index in [1.54, 1.807) is 16.2 Å². The molecular formula is C17H18BrN3O2S. The van der Waals surface area contributed by atoms with Crippen LogP contribution < -0.4 is 10.2 Å². The molecule has 0 fully saturated rings. The molecule has 126 valence electrons. The molecule has 1 aromatic carbocycles. The Kier molecular flexibility index (Phi) is 5.03. The zero-order valence-corrected chi connectivity index (χ0v) is 15.9. The van der Waals surface area contributed by atoms with Crippen LogP contribution in [0, 0.1) is 0 Å². The summed E-state index contributed by atoms with van der Waals surface area (Å²) in [5.74, 6) is -0.241. The van der Waals surface area contributed by atoms with E-state index in [0.29, 0.717) is 12.2 Å². The number of rotatable bonds is 4. The van der Waals surface area contributed by atoms with Gasteiger partial charge in [-0.3, -0.25) is 19.4 Å². The summed E-state index contributed by atoms with van der Waals surface area (Å²) in [6.07, 6.45) is 0. The molecule has 2 heterocycles. The molecule has 5 nitrogen and oxygen atoms in total. The number of fused-ring (bicyclic) bond motifs is 1. The smallest absolute Gasteiger partial charge is 0.244 e. The maximum atomic E-state index is 12.9. The highest BCUT2D eigenvalue weighted by atomic mass is 79.9. The molecule has 0 spiro atoms. The molecule has 2 amide bonds. The fourth-order valence-corrected chi connectivity index (χ4v) is 4.21. The van der Waals surface area contributed by atoms with Crippen LogP contribution in [0.3, 0.4) is 0 Å². The number of thiophene rings is 1. The first kappa shape index (κ1) is 17.1. The fourth-order valence-electron chi connectivity index (χ4n) is 2.66. The standard InChI is InChI=1S/C17H18BrN3O2S/c1-11(20(2)9-12-7-8-15(18)24-12)17(23)21-10-16(22)19-13-5-3-4-6-14(13)21/h3-8,11H,9-10H2,1-2H3,(H,19,22)/t11-/m1/s1. The molecule has 3 rings (SSSR count). The lowest BCUT2D eigenvalue weighted by Gasteiger charge is -2.33. The van der Waals surface area contributed by atoms with Crippen molar-refractivity contribution in [1.29, 1.82) is 0 Å². The highest BCUT2D eigenvalue weighted by Gasteiger charge is 2.31. The van der Waals surface area contributed by atoms with E-state index in [0.717, 1.165) is 9.47 Å². The fraction of sp³-hybridized carbons (Fsp3) is 0.294. The summed E-state index contributed by atoms with van der Waals surface area (Å²) in [7, 11) is 1.92. The molecule has 0 saturated heterocycles. The molecule has 2 aromatic rings. The van der Waals surface area contributed by atoms with E-state index in [4.69, 9.17) is 0 Å². The van der Waals surface area contributed by atoms with Gasteiger partial charge in [-0.15, -0.1) is 11.3 Å². The minimum atomic E-state index is -0.329. The third kappa shape index (κ3) is 3.53. The van der Waals surface area contributed by atoms with E-state index in [9.17, 15) is 9.59 Å². The van der Waals surface area contributed by atoms with E-state index in [-0.39, 0.29) is 24.4 Å². The van der Waals surface area contributed by atoms with Gasteiger partial charge in [-0.05, 0) is 54.2 Å². The lowest BCUT2D eigenvalue weighted by atomic mass is 10.1. The number of nitrogens with one attached hydrogen (secondary N) is 1. The Morgan fingerprint density at radius 1 is 1.38 bits per heavy atom. The number of carbonyl (C=O) groups excluding carboxylic acids is 2. The van der Waals surface area contributed by atoms with Crippen LogP contribution in [0.5, 0.6) is 0 Å². The highest BCUT2D eigenvalue weighted by molar-refractivity contribution is 9.11. The van der Waals surface area contributed by atoms with E-state index >= 15 is 0 Å². The Bertz CT molecular complexity index is 777. The molecule has 0 saturated carbocycles. The lowest BCUT2D eigenvalue weighted by Crippen LogP contribution is -2.50. The average molecular weight is 408 g/mol. The predicted molar refractivity (Wildman–Crippen MR) is 100 cm³/mol. The third-order valence-electron chi connectivity index (χ3n) is 4.09. The molecule has 24 heavy (non-hydrogen) atoms. The van der Waals surface area contributed by atoms with Crippen LogP contribution in [0.1, 0.15) is 11.8 Å². The van der Waals surface area contributed by atoms with Crippen LogP contribution in [0.4, 0.5) is 11.4 Å². The van der Waals surface area contributed by atoms with Crippen molar-refractivity contribution in [2.24, 2.45) is 0 Å². The van der Waals surface area contributed by atoms with E-state index in [2.05, 4.69) is 21.2 Å². The van der Waals surface area contributed by atoms with Crippen molar-refractivity contribution in [3.05, 3.63) is 45.1 Å². The number of hydrogen-bond donors (Lipinski definition) is 1. The number of anilines is 2. The van der Waals surface area contributed by atoms with Crippen molar-refractivity contribution in [3.63, 3.8) is 0 Å². The number of para-hydroxylation sites is 2. The topological polar surface area (TPSA) is 52.7 Å². The lowest BCUT2D eigenvalue weighted by molar-refractivity contribution is -0.125. The van der Waals surface area contributed by atoms with Crippen molar-refractivity contribution < 1.29 is 9.59 Å². The first-order valence-electron chi connectivity index (χ1n) is 7.60. The molecule has 0 bridgehead atoms. The third-order valence-corrected chi connectivity index (χ3v) is 5.70. The molecule has 0 aliphatic carbocycles. The quantitative estimate of drug-likeness (QED) is 0.845. The van der Waals surface area contributed by atoms with Gasteiger partial charge in [-0.25, -0.2) is 0 Å². The maximum Gasteiger partial charge on any atom is 0.244 e. The monoisotopic (exact) mass is 407 g/mol. The number of benzene rings is 1. The summed E-state index contributed by atoms with van der Waals surface area (Å²) in [4.78, 5) is 29.6. The predicted octanol–water partition coefficient (Wildman–Crippen LogP) is 3.32. The number of halogens is 1.